The average molecular weight is 421 g/mol. The van der Waals surface area contributed by atoms with Crippen molar-refractivity contribution in [2.45, 2.75) is 11.8 Å². The first-order valence-electron chi connectivity index (χ1n) is 8.25. The van der Waals surface area contributed by atoms with Gasteiger partial charge in [0.2, 0.25) is 5.55 Å². The second-order valence-electron chi connectivity index (χ2n) is 6.23. The van der Waals surface area contributed by atoms with Gasteiger partial charge in [-0.25, -0.2) is 13.4 Å². The van der Waals surface area contributed by atoms with Gasteiger partial charge in [0.25, 0.3) is 10.0 Å². The molecule has 0 bridgehead atoms. The Morgan fingerprint density at radius 2 is 1.96 bits per heavy atom. The minimum absolute atomic E-state index is 0.0411. The van der Waals surface area contributed by atoms with E-state index in [0.29, 0.717) is 29.4 Å². The smallest absolute Gasteiger partial charge is 0.266 e. The van der Waals surface area contributed by atoms with E-state index in [0.717, 1.165) is 10.9 Å². The van der Waals surface area contributed by atoms with Crippen LogP contribution >= 0.6 is 11.6 Å². The van der Waals surface area contributed by atoms with Crippen LogP contribution in [0.5, 0.6) is 0 Å². The molecule has 0 unspecified atom stereocenters. The summed E-state index contributed by atoms with van der Waals surface area (Å²) in [7, 11) is -2.29. The molecule has 3 heterocycles. The first-order chi connectivity index (χ1) is 13.3. The predicted molar refractivity (Wildman–Crippen MR) is 105 cm³/mol. The Bertz CT molecular complexity index is 1280. The third-order valence-electron chi connectivity index (χ3n) is 4.37. The van der Waals surface area contributed by atoms with Crippen molar-refractivity contribution >= 4 is 38.8 Å². The maximum absolute atomic E-state index is 12.7. The second kappa shape index (κ2) is 6.57. The number of halogens is 1. The fourth-order valence-electron chi connectivity index (χ4n) is 3.03. The summed E-state index contributed by atoms with van der Waals surface area (Å²) in [5.74, 6) is 0.518. The van der Waals surface area contributed by atoms with E-state index in [4.69, 9.17) is 21.8 Å². The SMILES string of the molecule is Cc1nn(C)c(Cl)c1S(=O)(=O)Nc1ccc(N2CN=c3occc3=C2N)cc1. The number of sulfonamides is 1. The van der Waals surface area contributed by atoms with Crippen LogP contribution in [0.15, 0.2) is 50.9 Å². The number of nitrogens with two attached hydrogens (primary N) is 1. The van der Waals surface area contributed by atoms with Crippen LogP contribution in [0.1, 0.15) is 5.69 Å². The van der Waals surface area contributed by atoms with E-state index in [1.54, 1.807) is 49.2 Å². The highest BCUT2D eigenvalue weighted by Crippen LogP contribution is 2.27. The molecule has 0 amide bonds. The van der Waals surface area contributed by atoms with Crippen LogP contribution in [-0.2, 0) is 17.1 Å². The van der Waals surface area contributed by atoms with E-state index in [2.05, 4.69) is 14.8 Å². The number of anilines is 2. The number of nitrogens with one attached hydrogen (secondary N) is 1. The van der Waals surface area contributed by atoms with Crippen molar-refractivity contribution in [2.75, 3.05) is 16.3 Å². The molecule has 11 heteroatoms. The van der Waals surface area contributed by atoms with Crippen molar-refractivity contribution < 1.29 is 12.8 Å². The molecule has 0 saturated heterocycles. The summed E-state index contributed by atoms with van der Waals surface area (Å²) in [4.78, 5) is 6.09. The maximum atomic E-state index is 12.7. The van der Waals surface area contributed by atoms with Crippen molar-refractivity contribution in [1.82, 2.24) is 9.78 Å². The summed E-state index contributed by atoms with van der Waals surface area (Å²) in [5, 5.41) is 4.81. The minimum Gasteiger partial charge on any atom is -0.446 e. The van der Waals surface area contributed by atoms with Gasteiger partial charge < -0.3 is 15.1 Å². The molecule has 3 aromatic rings. The van der Waals surface area contributed by atoms with Crippen LogP contribution in [0, 0.1) is 6.92 Å². The number of benzene rings is 1. The molecule has 0 spiro atoms. The van der Waals surface area contributed by atoms with E-state index in [-0.39, 0.29) is 10.0 Å². The van der Waals surface area contributed by atoms with Gasteiger partial charge in [-0.15, -0.1) is 0 Å². The van der Waals surface area contributed by atoms with Crippen molar-refractivity contribution in [3.8, 4) is 0 Å². The minimum atomic E-state index is -3.87. The largest absolute Gasteiger partial charge is 0.446 e. The monoisotopic (exact) mass is 420 g/mol. The Hall–Kier alpha value is -2.98. The summed E-state index contributed by atoms with van der Waals surface area (Å²) in [6, 6.07) is 8.55. The fraction of sp³-hybridized carbons (Fsp3) is 0.176. The molecule has 1 aliphatic heterocycles. The van der Waals surface area contributed by atoms with Gasteiger partial charge in [-0.2, -0.15) is 5.10 Å². The summed E-state index contributed by atoms with van der Waals surface area (Å²) in [6.07, 6.45) is 1.54. The van der Waals surface area contributed by atoms with E-state index < -0.39 is 10.0 Å². The van der Waals surface area contributed by atoms with Gasteiger partial charge in [-0.05, 0) is 37.3 Å². The maximum Gasteiger partial charge on any atom is 0.266 e. The van der Waals surface area contributed by atoms with Gasteiger partial charge in [0, 0.05) is 18.4 Å². The molecule has 2 aromatic heterocycles. The van der Waals surface area contributed by atoms with E-state index in [1.165, 1.54) is 10.9 Å². The molecule has 146 valence electrons. The number of rotatable bonds is 4. The number of nitrogens with zero attached hydrogens (tertiary/aromatic N) is 4. The zero-order chi connectivity index (χ0) is 20.1. The molecule has 0 aliphatic carbocycles. The number of hydrogen-bond acceptors (Lipinski definition) is 7. The van der Waals surface area contributed by atoms with Gasteiger partial charge in [-0.1, -0.05) is 11.6 Å². The Kier molecular flexibility index (Phi) is 4.31. The zero-order valence-corrected chi connectivity index (χ0v) is 16.6. The number of furan rings is 1. The third kappa shape index (κ3) is 3.00. The Balaban J connectivity index is 1.61. The lowest BCUT2D eigenvalue weighted by molar-refractivity contribution is 0.500. The first-order valence-corrected chi connectivity index (χ1v) is 10.1. The molecular weight excluding hydrogens is 404 g/mol. The van der Waals surface area contributed by atoms with E-state index in [9.17, 15) is 8.42 Å². The van der Waals surface area contributed by atoms with E-state index in [1.807, 2.05) is 0 Å². The van der Waals surface area contributed by atoms with Crippen molar-refractivity contribution in [1.29, 1.82) is 0 Å². The van der Waals surface area contributed by atoms with Gasteiger partial charge in [0.15, 0.2) is 0 Å². The summed E-state index contributed by atoms with van der Waals surface area (Å²) in [5.41, 5.74) is 8.19. The van der Waals surface area contributed by atoms with Gasteiger partial charge in [0.05, 0.1) is 17.2 Å². The highest BCUT2D eigenvalue weighted by molar-refractivity contribution is 7.92. The number of fused-ring (bicyclic) bond motifs is 1. The van der Waals surface area contributed by atoms with Gasteiger partial charge >= 0.3 is 0 Å². The molecule has 0 fully saturated rings. The van der Waals surface area contributed by atoms with Crippen molar-refractivity contribution in [2.24, 2.45) is 17.8 Å². The van der Waals surface area contributed by atoms with Crippen molar-refractivity contribution in [3.05, 3.63) is 58.2 Å². The molecule has 3 N–H and O–H groups in total. The molecular formula is C17H17ClN6O3S. The molecule has 1 aliphatic rings. The fourth-order valence-corrected chi connectivity index (χ4v) is 4.84. The molecule has 0 saturated carbocycles. The summed E-state index contributed by atoms with van der Waals surface area (Å²) < 4.78 is 34.5. The number of aromatic nitrogens is 2. The van der Waals surface area contributed by atoms with Crippen LogP contribution in [0.3, 0.4) is 0 Å². The molecule has 9 nitrogen and oxygen atoms in total. The Labute approximate surface area is 165 Å². The van der Waals surface area contributed by atoms with Gasteiger partial charge in [-0.3, -0.25) is 9.40 Å². The van der Waals surface area contributed by atoms with Gasteiger partial charge in [0.1, 0.15) is 22.5 Å². The van der Waals surface area contributed by atoms with Crippen molar-refractivity contribution in [3.63, 3.8) is 0 Å². The third-order valence-corrected chi connectivity index (χ3v) is 6.44. The lowest BCUT2D eigenvalue weighted by Crippen LogP contribution is -2.42. The highest BCUT2D eigenvalue weighted by atomic mass is 35.5. The van der Waals surface area contributed by atoms with Crippen LogP contribution in [0.25, 0.3) is 5.82 Å². The summed E-state index contributed by atoms with van der Waals surface area (Å²) in [6.45, 7) is 1.90. The lowest BCUT2D eigenvalue weighted by Gasteiger charge is -2.24. The Morgan fingerprint density at radius 3 is 2.61 bits per heavy atom. The standard InChI is InChI=1S/C17H17ClN6O3S/c1-10-14(15(18)23(2)21-10)28(25,26)22-11-3-5-12(6-4-11)24-9-20-17-13(16(24)19)7-8-27-17/h3-8,22H,9,19H2,1-2H3. The van der Waals surface area contributed by atoms with Crippen LogP contribution in [-0.4, -0.2) is 24.9 Å². The molecule has 28 heavy (non-hydrogen) atoms. The Morgan fingerprint density at radius 1 is 1.25 bits per heavy atom. The normalized spacial score (nSPS) is 14.0. The topological polar surface area (TPSA) is 119 Å². The number of aryl methyl sites for hydroxylation is 2. The van der Waals surface area contributed by atoms with Crippen LogP contribution in [0.4, 0.5) is 11.4 Å². The van der Waals surface area contributed by atoms with E-state index >= 15 is 0 Å². The second-order valence-corrected chi connectivity index (χ2v) is 8.21. The highest BCUT2D eigenvalue weighted by Gasteiger charge is 2.25. The molecule has 0 atom stereocenters. The number of hydrogen-bond donors (Lipinski definition) is 2. The zero-order valence-electron chi connectivity index (χ0n) is 15.0. The van der Waals surface area contributed by atoms with Crippen LogP contribution in [0.2, 0.25) is 5.15 Å². The molecule has 1 aromatic carbocycles. The van der Waals surface area contributed by atoms with Crippen LogP contribution < -0.4 is 26.1 Å². The molecule has 0 radical (unpaired) electrons. The molecule has 4 rings (SSSR count). The first kappa shape index (κ1) is 18.4. The lowest BCUT2D eigenvalue weighted by atomic mass is 10.2. The summed E-state index contributed by atoms with van der Waals surface area (Å²) >= 11 is 6.08. The quantitative estimate of drug-likeness (QED) is 0.647. The average Bonchev–Trinajstić information content (AvgIpc) is 3.21. The predicted octanol–water partition coefficient (Wildman–Crippen LogP) is 0.897.